The maximum Gasteiger partial charge on any atom is 0.313 e. The molecule has 1 aromatic heterocycles. The predicted octanol–water partition coefficient (Wildman–Crippen LogP) is 7.76. The molecule has 6 rings (SSSR count). The number of morpholine rings is 1. The van der Waals surface area contributed by atoms with E-state index in [1.807, 2.05) is 107 Å². The van der Waals surface area contributed by atoms with Crippen LogP contribution in [0.15, 0.2) is 85.1 Å². The average Bonchev–Trinajstić information content (AvgIpc) is 3.97. The summed E-state index contributed by atoms with van der Waals surface area (Å²) in [5.41, 5.74) is 2.93. The summed E-state index contributed by atoms with van der Waals surface area (Å²) in [7, 11) is 1.76. The number of quaternary nitrogens is 1. The highest BCUT2D eigenvalue weighted by Crippen LogP contribution is 2.47. The summed E-state index contributed by atoms with van der Waals surface area (Å²) >= 11 is 0. The molecule has 0 bridgehead atoms. The Bertz CT molecular complexity index is 2480. The number of esters is 1. The van der Waals surface area contributed by atoms with Crippen molar-refractivity contribution in [2.24, 2.45) is 42.1 Å². The van der Waals surface area contributed by atoms with Crippen LogP contribution in [0.25, 0.3) is 0 Å². The standard InChI is InChI=1S/C58H78N6O9/c1-39(2)29-49(51(66)34-46(31-43-17-13-10-14-18-43)56(69)60-50(30-40(3)4)54(67)58(7)23-24-58)59-55(68)45(21-19-42-15-11-9-12-16-42)33-48(65)37-64(25-27-71-28-26-64)36-44-20-22-52(73-57(70)41(5)6)53(32-44)72-38-47-35-63(8)62-61-47/h9-18,20,22,32,35,39-41,45-46,49-50H,19,21,23-31,33-34,36-38H2,1-8H3,(H-,59,60,68,69)/p+1/t45-,46-,49?,50?/m1/s1. The summed E-state index contributed by atoms with van der Waals surface area (Å²) in [5, 5.41) is 14.3. The van der Waals surface area contributed by atoms with Gasteiger partial charge in [-0.05, 0) is 86.1 Å². The van der Waals surface area contributed by atoms with Gasteiger partial charge in [-0.15, -0.1) is 5.10 Å². The van der Waals surface area contributed by atoms with E-state index in [4.69, 9.17) is 14.2 Å². The van der Waals surface area contributed by atoms with E-state index in [-0.39, 0.29) is 85.1 Å². The number of aryl methyl sites for hydroxylation is 2. The monoisotopic (exact) mass is 1000 g/mol. The van der Waals surface area contributed by atoms with Crippen LogP contribution in [0.2, 0.25) is 0 Å². The van der Waals surface area contributed by atoms with Crippen molar-refractivity contribution >= 4 is 35.1 Å². The Morgan fingerprint density at radius 2 is 1.37 bits per heavy atom. The quantitative estimate of drug-likeness (QED) is 0.0308. The minimum Gasteiger partial charge on any atom is -0.483 e. The molecule has 2 heterocycles. The molecular weight excluding hydrogens is 925 g/mol. The molecule has 2 unspecified atom stereocenters. The second-order valence-corrected chi connectivity index (χ2v) is 22.1. The molecule has 4 aromatic rings. The first-order valence-electron chi connectivity index (χ1n) is 26.3. The van der Waals surface area contributed by atoms with Crippen LogP contribution in [0.5, 0.6) is 11.5 Å². The lowest BCUT2D eigenvalue weighted by atomic mass is 9.87. The van der Waals surface area contributed by atoms with Crippen molar-refractivity contribution in [3.05, 3.63) is 107 Å². The maximum atomic E-state index is 14.7. The Hall–Kier alpha value is -6.06. The van der Waals surface area contributed by atoms with Crippen LogP contribution >= 0.6 is 0 Å². The fourth-order valence-electron chi connectivity index (χ4n) is 9.62. The molecule has 2 aliphatic rings. The Labute approximate surface area is 432 Å². The molecule has 4 atom stereocenters. The lowest BCUT2D eigenvalue weighted by molar-refractivity contribution is -0.940. The summed E-state index contributed by atoms with van der Waals surface area (Å²) in [6, 6.07) is 23.2. The van der Waals surface area contributed by atoms with Gasteiger partial charge in [-0.1, -0.05) is 114 Å². The summed E-state index contributed by atoms with van der Waals surface area (Å²) in [4.78, 5) is 84.7. The van der Waals surface area contributed by atoms with E-state index in [0.717, 1.165) is 29.5 Å². The zero-order valence-electron chi connectivity index (χ0n) is 44.4. The van der Waals surface area contributed by atoms with Gasteiger partial charge in [0.25, 0.3) is 0 Å². The molecule has 1 aliphatic carbocycles. The molecule has 2 N–H and O–H groups in total. The van der Waals surface area contributed by atoms with E-state index in [9.17, 15) is 28.8 Å². The van der Waals surface area contributed by atoms with Crippen molar-refractivity contribution in [2.45, 2.75) is 131 Å². The molecule has 0 radical (unpaired) electrons. The molecule has 2 amide bonds. The summed E-state index contributed by atoms with van der Waals surface area (Å²) in [5.74, 6) is -2.52. The first-order chi connectivity index (χ1) is 34.8. The number of Topliss-reactive ketones (excluding diaryl/α,β-unsaturated/α-hetero) is 3. The fourth-order valence-corrected chi connectivity index (χ4v) is 9.62. The Kier molecular flexibility index (Phi) is 20.2. The molecule has 0 spiro atoms. The molecule has 3 aromatic carbocycles. The van der Waals surface area contributed by atoms with Gasteiger partial charge in [-0.25, -0.2) is 0 Å². The fraction of sp³-hybridized carbons (Fsp3) is 0.552. The molecule has 15 nitrogen and oxygen atoms in total. The van der Waals surface area contributed by atoms with Gasteiger partial charge in [0, 0.05) is 42.7 Å². The predicted molar refractivity (Wildman–Crippen MR) is 278 cm³/mol. The summed E-state index contributed by atoms with van der Waals surface area (Å²) in [6.07, 6.45) is 5.20. The zero-order chi connectivity index (χ0) is 52.7. The van der Waals surface area contributed by atoms with Crippen molar-refractivity contribution in [3.8, 4) is 11.5 Å². The molecule has 1 saturated carbocycles. The molecular formula is C58H79N6O9+. The highest BCUT2D eigenvalue weighted by atomic mass is 16.6. The lowest BCUT2D eigenvalue weighted by Crippen LogP contribution is -2.57. The normalized spacial score (nSPS) is 16.5. The number of benzene rings is 3. The highest BCUT2D eigenvalue weighted by molar-refractivity contribution is 5.97. The van der Waals surface area contributed by atoms with Gasteiger partial charge >= 0.3 is 5.97 Å². The topological polar surface area (TPSA) is 185 Å². The Morgan fingerprint density at radius 1 is 0.753 bits per heavy atom. The number of hydrogen-bond donors (Lipinski definition) is 2. The van der Waals surface area contributed by atoms with Crippen molar-refractivity contribution in [2.75, 3.05) is 32.8 Å². The van der Waals surface area contributed by atoms with Gasteiger partial charge in [0.1, 0.15) is 38.5 Å². The number of carbonyl (C=O) groups excluding carboxylic acids is 6. The summed E-state index contributed by atoms with van der Waals surface area (Å²) < 4.78 is 19.7. The van der Waals surface area contributed by atoms with Crippen LogP contribution < -0.4 is 20.1 Å². The number of amides is 2. The van der Waals surface area contributed by atoms with Gasteiger partial charge in [0.15, 0.2) is 28.8 Å². The van der Waals surface area contributed by atoms with E-state index in [0.29, 0.717) is 74.5 Å². The average molecular weight is 1000 g/mol. The van der Waals surface area contributed by atoms with Crippen molar-refractivity contribution in [1.29, 1.82) is 0 Å². The number of aromatic nitrogens is 3. The Morgan fingerprint density at radius 3 is 1.97 bits per heavy atom. The Balaban J connectivity index is 1.21. The van der Waals surface area contributed by atoms with E-state index in [2.05, 4.69) is 20.9 Å². The van der Waals surface area contributed by atoms with E-state index >= 15 is 0 Å². The second kappa shape index (κ2) is 26.2. The van der Waals surface area contributed by atoms with Crippen LogP contribution in [-0.4, -0.2) is 99.5 Å². The number of hydrogen-bond acceptors (Lipinski definition) is 11. The van der Waals surface area contributed by atoms with E-state index < -0.39 is 35.3 Å². The van der Waals surface area contributed by atoms with Gasteiger partial charge in [0.05, 0.1) is 37.4 Å². The smallest absolute Gasteiger partial charge is 0.313 e. The van der Waals surface area contributed by atoms with Gasteiger partial charge < -0.3 is 29.3 Å². The lowest BCUT2D eigenvalue weighted by Gasteiger charge is -2.41. The van der Waals surface area contributed by atoms with Crippen LogP contribution in [0, 0.1) is 35.0 Å². The van der Waals surface area contributed by atoms with Crippen LogP contribution in [-0.2, 0) is 66.5 Å². The van der Waals surface area contributed by atoms with Crippen LogP contribution in [0.1, 0.15) is 116 Å². The van der Waals surface area contributed by atoms with Crippen LogP contribution in [0.3, 0.4) is 0 Å². The molecule has 1 aliphatic heterocycles. The number of ether oxygens (including phenoxy) is 3. The van der Waals surface area contributed by atoms with E-state index in [1.165, 1.54) is 0 Å². The molecule has 1 saturated heterocycles. The number of rotatable bonds is 29. The van der Waals surface area contributed by atoms with Gasteiger partial charge in [0.2, 0.25) is 11.8 Å². The maximum absolute atomic E-state index is 14.7. The SMILES string of the molecule is CC(C)CC(NC(=O)[C@H](CCc1ccccc1)CC(=O)C[N+]1(Cc2ccc(OC(=O)C(C)C)c(OCc3cn(C)nn3)c2)CCOCC1)C(=O)C[C@@H](Cc1ccccc1)C(=O)NC(CC(C)C)C(=O)C1(C)CC1. The third-order valence-corrected chi connectivity index (χ3v) is 14.1. The molecule has 394 valence electrons. The number of carbonyl (C=O) groups is 6. The second-order valence-electron chi connectivity index (χ2n) is 22.1. The highest BCUT2D eigenvalue weighted by Gasteiger charge is 2.48. The van der Waals surface area contributed by atoms with Crippen LogP contribution in [0.4, 0.5) is 0 Å². The molecule has 2 fully saturated rings. The first kappa shape index (κ1) is 56.2. The third-order valence-electron chi connectivity index (χ3n) is 14.1. The largest absolute Gasteiger partial charge is 0.483 e. The van der Waals surface area contributed by atoms with Gasteiger partial charge in [-0.2, -0.15) is 0 Å². The first-order valence-corrected chi connectivity index (χ1v) is 26.3. The number of ketones is 3. The van der Waals surface area contributed by atoms with Gasteiger partial charge in [-0.3, -0.25) is 33.4 Å². The molecule has 15 heteroatoms. The zero-order valence-corrected chi connectivity index (χ0v) is 44.4. The molecule has 73 heavy (non-hydrogen) atoms. The summed E-state index contributed by atoms with van der Waals surface area (Å²) in [6.45, 7) is 16.2. The van der Waals surface area contributed by atoms with Crippen molar-refractivity contribution < 1.29 is 47.5 Å². The number of nitrogens with one attached hydrogen (secondary N) is 2. The number of nitrogens with zero attached hydrogens (tertiary/aromatic N) is 4. The third kappa shape index (κ3) is 17.3. The minimum absolute atomic E-state index is 0.0207. The van der Waals surface area contributed by atoms with E-state index in [1.54, 1.807) is 37.8 Å². The van der Waals surface area contributed by atoms with Crippen molar-refractivity contribution in [1.82, 2.24) is 25.6 Å². The minimum atomic E-state index is -0.905. The van der Waals surface area contributed by atoms with Crippen molar-refractivity contribution in [3.63, 3.8) is 0 Å².